The van der Waals surface area contributed by atoms with E-state index < -0.39 is 0 Å². The van der Waals surface area contributed by atoms with Crippen LogP contribution in [0.25, 0.3) is 10.9 Å². The minimum absolute atomic E-state index is 0.00377. The molecule has 1 N–H and O–H groups in total. The normalized spacial score (nSPS) is 17.0. The maximum absolute atomic E-state index is 13.3. The van der Waals surface area contributed by atoms with Crippen LogP contribution < -0.4 is 5.32 Å². The molecular formula is C23H23BrN2O. The van der Waals surface area contributed by atoms with Gasteiger partial charge in [-0.25, -0.2) is 0 Å². The van der Waals surface area contributed by atoms with E-state index in [2.05, 4.69) is 45.3 Å². The van der Waals surface area contributed by atoms with E-state index in [1.54, 1.807) is 6.20 Å². The van der Waals surface area contributed by atoms with E-state index in [-0.39, 0.29) is 17.4 Å². The second-order valence-electron chi connectivity index (χ2n) is 7.67. The van der Waals surface area contributed by atoms with Gasteiger partial charge < -0.3 is 5.32 Å². The first-order valence-electron chi connectivity index (χ1n) is 9.47. The molecule has 0 aliphatic heterocycles. The van der Waals surface area contributed by atoms with Crippen LogP contribution in [0.15, 0.2) is 65.3 Å². The number of aromatic nitrogens is 1. The van der Waals surface area contributed by atoms with Gasteiger partial charge in [-0.2, -0.15) is 0 Å². The van der Waals surface area contributed by atoms with E-state index in [1.807, 2.05) is 42.5 Å². The Labute approximate surface area is 168 Å². The van der Waals surface area contributed by atoms with E-state index >= 15 is 0 Å². The Morgan fingerprint density at radius 2 is 1.81 bits per heavy atom. The smallest absolute Gasteiger partial charge is 0.252 e. The van der Waals surface area contributed by atoms with E-state index in [9.17, 15) is 4.79 Å². The standard InChI is InChI=1S/C23H23BrN2O/c1-23(13-5-6-14-23)21(16-8-3-2-4-9-16)26-22(27)18-12-15-25-20-17(18)10-7-11-19(20)24/h2-4,7-12,15,21H,5-6,13-14H2,1H3,(H,26,27). The zero-order valence-corrected chi connectivity index (χ0v) is 17.0. The number of pyridine rings is 1. The molecule has 1 amide bonds. The summed E-state index contributed by atoms with van der Waals surface area (Å²) >= 11 is 3.54. The number of amides is 1. The van der Waals surface area contributed by atoms with E-state index in [1.165, 1.54) is 18.4 Å². The number of nitrogens with zero attached hydrogens (tertiary/aromatic N) is 1. The fourth-order valence-corrected chi connectivity index (χ4v) is 4.79. The molecule has 3 aromatic rings. The first kappa shape index (κ1) is 18.2. The van der Waals surface area contributed by atoms with Crippen molar-refractivity contribution in [3.8, 4) is 0 Å². The average Bonchev–Trinajstić information content (AvgIpc) is 3.14. The van der Waals surface area contributed by atoms with Crippen molar-refractivity contribution in [3.63, 3.8) is 0 Å². The lowest BCUT2D eigenvalue weighted by molar-refractivity contribution is 0.0888. The molecule has 3 nitrogen and oxygen atoms in total. The molecule has 0 bridgehead atoms. The van der Waals surface area contributed by atoms with Crippen molar-refractivity contribution in [2.24, 2.45) is 5.41 Å². The summed E-state index contributed by atoms with van der Waals surface area (Å²) in [5.74, 6) is -0.0394. The summed E-state index contributed by atoms with van der Waals surface area (Å²) < 4.78 is 0.900. The Hall–Kier alpha value is -2.20. The highest BCUT2D eigenvalue weighted by Crippen LogP contribution is 2.47. The number of benzene rings is 2. The molecule has 138 valence electrons. The fourth-order valence-electron chi connectivity index (χ4n) is 4.32. The van der Waals surface area contributed by atoms with Crippen LogP contribution in [0.2, 0.25) is 0 Å². The summed E-state index contributed by atoms with van der Waals surface area (Å²) in [6, 6.07) is 18.0. The van der Waals surface area contributed by atoms with Gasteiger partial charge >= 0.3 is 0 Å². The van der Waals surface area contributed by atoms with Gasteiger partial charge in [-0.15, -0.1) is 0 Å². The number of carbonyl (C=O) groups excluding carboxylic acids is 1. The highest BCUT2D eigenvalue weighted by Gasteiger charge is 2.39. The van der Waals surface area contributed by atoms with Crippen LogP contribution in [0.1, 0.15) is 54.6 Å². The zero-order valence-electron chi connectivity index (χ0n) is 15.4. The predicted octanol–water partition coefficient (Wildman–Crippen LogP) is 6.05. The van der Waals surface area contributed by atoms with Crippen molar-refractivity contribution < 1.29 is 4.79 Å². The van der Waals surface area contributed by atoms with Gasteiger partial charge in [0, 0.05) is 16.1 Å². The number of fused-ring (bicyclic) bond motifs is 1. The van der Waals surface area contributed by atoms with E-state index in [4.69, 9.17) is 0 Å². The predicted molar refractivity (Wildman–Crippen MR) is 113 cm³/mol. The molecule has 1 fully saturated rings. The number of carbonyl (C=O) groups is 1. The van der Waals surface area contributed by atoms with Gasteiger partial charge in [-0.3, -0.25) is 9.78 Å². The molecule has 0 saturated heterocycles. The lowest BCUT2D eigenvalue weighted by Gasteiger charge is -2.35. The van der Waals surface area contributed by atoms with Crippen molar-refractivity contribution in [2.75, 3.05) is 0 Å². The number of hydrogen-bond donors (Lipinski definition) is 1. The minimum atomic E-state index is -0.0394. The lowest BCUT2D eigenvalue weighted by Crippen LogP contribution is -2.38. The van der Waals surface area contributed by atoms with Gasteiger partial charge in [0.1, 0.15) is 0 Å². The second kappa shape index (κ2) is 7.43. The Balaban J connectivity index is 1.72. The van der Waals surface area contributed by atoms with Gasteiger partial charge in [-0.05, 0) is 51.9 Å². The summed E-state index contributed by atoms with van der Waals surface area (Å²) in [6.45, 7) is 2.30. The highest BCUT2D eigenvalue weighted by atomic mass is 79.9. The van der Waals surface area contributed by atoms with Crippen molar-refractivity contribution in [1.29, 1.82) is 0 Å². The largest absolute Gasteiger partial charge is 0.345 e. The van der Waals surface area contributed by atoms with Crippen LogP contribution in [0, 0.1) is 5.41 Å². The average molecular weight is 423 g/mol. The van der Waals surface area contributed by atoms with E-state index in [0.717, 1.165) is 28.2 Å². The van der Waals surface area contributed by atoms with Crippen LogP contribution in [0.5, 0.6) is 0 Å². The van der Waals surface area contributed by atoms with Crippen LogP contribution in [0.3, 0.4) is 0 Å². The van der Waals surface area contributed by atoms with Gasteiger partial charge in [-0.1, -0.05) is 62.2 Å². The molecule has 1 aromatic heterocycles. The maximum atomic E-state index is 13.3. The first-order chi connectivity index (χ1) is 13.1. The first-order valence-corrected chi connectivity index (χ1v) is 10.3. The Kier molecular flexibility index (Phi) is 5.00. The summed E-state index contributed by atoms with van der Waals surface area (Å²) in [5, 5.41) is 4.23. The number of rotatable bonds is 4. The Morgan fingerprint density at radius 1 is 1.07 bits per heavy atom. The monoisotopic (exact) mass is 422 g/mol. The van der Waals surface area contributed by atoms with Gasteiger partial charge in [0.2, 0.25) is 0 Å². The number of para-hydroxylation sites is 1. The van der Waals surface area contributed by atoms with Gasteiger partial charge in [0.05, 0.1) is 17.1 Å². The third-order valence-corrected chi connectivity index (χ3v) is 6.46. The zero-order chi connectivity index (χ0) is 18.9. The molecular weight excluding hydrogens is 400 g/mol. The molecule has 2 aromatic carbocycles. The van der Waals surface area contributed by atoms with Crippen LogP contribution in [-0.4, -0.2) is 10.9 Å². The minimum Gasteiger partial charge on any atom is -0.345 e. The van der Waals surface area contributed by atoms with Crippen LogP contribution >= 0.6 is 15.9 Å². The number of nitrogens with one attached hydrogen (secondary N) is 1. The second-order valence-corrected chi connectivity index (χ2v) is 8.53. The molecule has 1 saturated carbocycles. The molecule has 27 heavy (non-hydrogen) atoms. The van der Waals surface area contributed by atoms with Crippen molar-refractivity contribution in [2.45, 2.75) is 38.6 Å². The van der Waals surface area contributed by atoms with E-state index in [0.29, 0.717) is 5.56 Å². The van der Waals surface area contributed by atoms with Crippen LogP contribution in [0.4, 0.5) is 0 Å². The van der Waals surface area contributed by atoms with Gasteiger partial charge in [0.25, 0.3) is 5.91 Å². The lowest BCUT2D eigenvalue weighted by atomic mass is 9.77. The maximum Gasteiger partial charge on any atom is 0.252 e. The molecule has 4 rings (SSSR count). The summed E-state index contributed by atoms with van der Waals surface area (Å²) in [7, 11) is 0. The van der Waals surface area contributed by atoms with Crippen molar-refractivity contribution in [3.05, 3.63) is 76.4 Å². The number of halogens is 1. The third kappa shape index (κ3) is 3.51. The fraction of sp³-hybridized carbons (Fsp3) is 0.304. The molecule has 4 heteroatoms. The topological polar surface area (TPSA) is 42.0 Å². The van der Waals surface area contributed by atoms with Gasteiger partial charge in [0.15, 0.2) is 0 Å². The van der Waals surface area contributed by atoms with Crippen molar-refractivity contribution >= 4 is 32.7 Å². The molecule has 1 aliphatic carbocycles. The molecule has 1 atom stereocenters. The quantitative estimate of drug-likeness (QED) is 0.555. The third-order valence-electron chi connectivity index (χ3n) is 5.82. The summed E-state index contributed by atoms with van der Waals surface area (Å²) in [4.78, 5) is 17.7. The highest BCUT2D eigenvalue weighted by molar-refractivity contribution is 9.10. The summed E-state index contributed by atoms with van der Waals surface area (Å²) in [6.07, 6.45) is 6.42. The van der Waals surface area contributed by atoms with Crippen LogP contribution in [-0.2, 0) is 0 Å². The Bertz CT molecular complexity index is 965. The molecule has 0 radical (unpaired) electrons. The number of hydrogen-bond acceptors (Lipinski definition) is 2. The molecule has 1 heterocycles. The summed E-state index contributed by atoms with van der Waals surface area (Å²) in [5.41, 5.74) is 2.74. The molecule has 1 aliphatic rings. The Morgan fingerprint density at radius 3 is 2.56 bits per heavy atom. The van der Waals surface area contributed by atoms with Crippen molar-refractivity contribution in [1.82, 2.24) is 10.3 Å². The molecule has 0 spiro atoms. The SMILES string of the molecule is CC1(C(NC(=O)c2ccnc3c(Br)cccc23)c2ccccc2)CCCC1. The molecule has 1 unspecified atom stereocenters.